The predicted octanol–water partition coefficient (Wildman–Crippen LogP) is 2.65. The summed E-state index contributed by atoms with van der Waals surface area (Å²) in [6.45, 7) is 6.73. The van der Waals surface area contributed by atoms with Crippen LogP contribution in [0.2, 0.25) is 0 Å². The van der Waals surface area contributed by atoms with Crippen LogP contribution in [0, 0.1) is 11.3 Å². The predicted molar refractivity (Wildman–Crippen MR) is 64.2 cm³/mol. The van der Waals surface area contributed by atoms with Crippen LogP contribution >= 0.6 is 0 Å². The summed E-state index contributed by atoms with van der Waals surface area (Å²) in [6, 6.07) is 9.64. The Kier molecular flexibility index (Phi) is 4.81. The van der Waals surface area contributed by atoms with E-state index in [-0.39, 0.29) is 12.1 Å². The largest absolute Gasteiger partial charge is 0.491 e. The number of hydrogen-bond donors (Lipinski definition) is 1. The van der Waals surface area contributed by atoms with Crippen molar-refractivity contribution in [2.75, 3.05) is 6.54 Å². The van der Waals surface area contributed by atoms with Gasteiger partial charge in [0, 0.05) is 0 Å². The van der Waals surface area contributed by atoms with Crippen molar-refractivity contribution in [1.29, 1.82) is 5.26 Å². The lowest BCUT2D eigenvalue weighted by Crippen LogP contribution is -2.19. The SMILES string of the molecule is CCNC(C#N)c1cccc(OC(C)C)c1. The molecule has 1 aromatic rings. The van der Waals surface area contributed by atoms with Gasteiger partial charge in [-0.25, -0.2) is 0 Å². The molecule has 0 heterocycles. The fraction of sp³-hybridized carbons (Fsp3) is 0.462. The van der Waals surface area contributed by atoms with Gasteiger partial charge in [-0.3, -0.25) is 5.32 Å². The van der Waals surface area contributed by atoms with E-state index in [4.69, 9.17) is 10.00 Å². The quantitative estimate of drug-likeness (QED) is 0.826. The molecule has 3 heteroatoms. The molecule has 3 nitrogen and oxygen atoms in total. The summed E-state index contributed by atoms with van der Waals surface area (Å²) >= 11 is 0. The van der Waals surface area contributed by atoms with Crippen molar-refractivity contribution in [3.8, 4) is 11.8 Å². The first-order valence-electron chi connectivity index (χ1n) is 5.57. The second-order valence-corrected chi connectivity index (χ2v) is 3.86. The lowest BCUT2D eigenvalue weighted by molar-refractivity contribution is 0.242. The highest BCUT2D eigenvalue weighted by atomic mass is 16.5. The highest BCUT2D eigenvalue weighted by Crippen LogP contribution is 2.19. The Morgan fingerprint density at radius 1 is 1.44 bits per heavy atom. The number of benzene rings is 1. The maximum absolute atomic E-state index is 9.03. The highest BCUT2D eigenvalue weighted by Gasteiger charge is 2.09. The molecule has 1 rings (SSSR count). The Balaban J connectivity index is 2.84. The minimum atomic E-state index is -0.263. The Bertz CT molecular complexity index is 368. The van der Waals surface area contributed by atoms with Gasteiger partial charge in [-0.05, 0) is 38.1 Å². The molecular formula is C13H18N2O. The van der Waals surface area contributed by atoms with Crippen molar-refractivity contribution >= 4 is 0 Å². The molecule has 0 amide bonds. The van der Waals surface area contributed by atoms with Gasteiger partial charge in [0.1, 0.15) is 11.8 Å². The molecule has 0 spiro atoms. The first-order chi connectivity index (χ1) is 7.67. The molecule has 1 atom stereocenters. The van der Waals surface area contributed by atoms with Crippen LogP contribution in [-0.2, 0) is 0 Å². The number of ether oxygens (including phenoxy) is 1. The molecule has 0 bridgehead atoms. The number of nitriles is 1. The van der Waals surface area contributed by atoms with Crippen molar-refractivity contribution in [3.63, 3.8) is 0 Å². The Morgan fingerprint density at radius 2 is 2.19 bits per heavy atom. The zero-order valence-corrected chi connectivity index (χ0v) is 10.0. The van der Waals surface area contributed by atoms with Crippen LogP contribution < -0.4 is 10.1 Å². The molecule has 1 unspecified atom stereocenters. The molecule has 0 aliphatic carbocycles. The lowest BCUT2D eigenvalue weighted by atomic mass is 10.1. The van der Waals surface area contributed by atoms with Gasteiger partial charge in [0.15, 0.2) is 0 Å². The molecule has 1 aromatic carbocycles. The van der Waals surface area contributed by atoms with Crippen LogP contribution in [0.25, 0.3) is 0 Å². The summed E-state index contributed by atoms with van der Waals surface area (Å²) in [5.74, 6) is 0.811. The van der Waals surface area contributed by atoms with E-state index in [1.54, 1.807) is 0 Å². The average molecular weight is 218 g/mol. The summed E-state index contributed by atoms with van der Waals surface area (Å²) in [5.41, 5.74) is 0.947. The van der Waals surface area contributed by atoms with E-state index >= 15 is 0 Å². The van der Waals surface area contributed by atoms with Crippen molar-refractivity contribution in [2.45, 2.75) is 32.9 Å². The maximum atomic E-state index is 9.03. The molecule has 0 fully saturated rings. The summed E-state index contributed by atoms with van der Waals surface area (Å²) in [7, 11) is 0. The second kappa shape index (κ2) is 6.14. The van der Waals surface area contributed by atoms with Crippen LogP contribution in [0.3, 0.4) is 0 Å². The molecule has 0 saturated carbocycles. The van der Waals surface area contributed by atoms with Crippen LogP contribution in [0.5, 0.6) is 5.75 Å². The van der Waals surface area contributed by atoms with Gasteiger partial charge in [0.25, 0.3) is 0 Å². The number of nitrogens with zero attached hydrogens (tertiary/aromatic N) is 1. The van der Waals surface area contributed by atoms with Crippen molar-refractivity contribution in [2.24, 2.45) is 0 Å². The van der Waals surface area contributed by atoms with E-state index in [0.29, 0.717) is 0 Å². The Morgan fingerprint density at radius 3 is 2.75 bits per heavy atom. The third-order valence-corrected chi connectivity index (χ3v) is 2.10. The normalized spacial score (nSPS) is 12.2. The Labute approximate surface area is 97.0 Å². The van der Waals surface area contributed by atoms with Crippen molar-refractivity contribution in [3.05, 3.63) is 29.8 Å². The van der Waals surface area contributed by atoms with Gasteiger partial charge in [-0.1, -0.05) is 19.1 Å². The fourth-order valence-corrected chi connectivity index (χ4v) is 1.48. The molecule has 0 aliphatic heterocycles. The van der Waals surface area contributed by atoms with E-state index in [2.05, 4.69) is 11.4 Å². The third kappa shape index (κ3) is 3.56. The van der Waals surface area contributed by atoms with Gasteiger partial charge >= 0.3 is 0 Å². The minimum Gasteiger partial charge on any atom is -0.491 e. The maximum Gasteiger partial charge on any atom is 0.121 e. The van der Waals surface area contributed by atoms with Crippen LogP contribution in [0.1, 0.15) is 32.4 Å². The van der Waals surface area contributed by atoms with Crippen molar-refractivity contribution < 1.29 is 4.74 Å². The van der Waals surface area contributed by atoms with E-state index in [0.717, 1.165) is 17.9 Å². The van der Waals surface area contributed by atoms with Gasteiger partial charge in [-0.2, -0.15) is 5.26 Å². The topological polar surface area (TPSA) is 45.0 Å². The molecule has 0 radical (unpaired) electrons. The second-order valence-electron chi connectivity index (χ2n) is 3.86. The highest BCUT2D eigenvalue weighted by molar-refractivity contribution is 5.33. The van der Waals surface area contributed by atoms with Gasteiger partial charge in [0.2, 0.25) is 0 Å². The average Bonchev–Trinajstić information content (AvgIpc) is 2.25. The van der Waals surface area contributed by atoms with E-state index in [9.17, 15) is 0 Å². The van der Waals surface area contributed by atoms with Gasteiger partial charge < -0.3 is 4.74 Å². The molecule has 0 aliphatic rings. The summed E-state index contributed by atoms with van der Waals surface area (Å²) < 4.78 is 5.59. The summed E-state index contributed by atoms with van der Waals surface area (Å²) in [5, 5.41) is 12.1. The molecule has 86 valence electrons. The monoisotopic (exact) mass is 218 g/mol. The first-order valence-corrected chi connectivity index (χ1v) is 5.57. The zero-order valence-electron chi connectivity index (χ0n) is 10.0. The lowest BCUT2D eigenvalue weighted by Gasteiger charge is -2.13. The number of hydrogen-bond acceptors (Lipinski definition) is 3. The van der Waals surface area contributed by atoms with Crippen LogP contribution in [0.4, 0.5) is 0 Å². The van der Waals surface area contributed by atoms with Crippen LogP contribution in [-0.4, -0.2) is 12.6 Å². The number of nitrogens with one attached hydrogen (secondary N) is 1. The molecule has 0 saturated heterocycles. The van der Waals surface area contributed by atoms with E-state index in [1.807, 2.05) is 45.0 Å². The van der Waals surface area contributed by atoms with E-state index < -0.39 is 0 Å². The standard InChI is InChI=1S/C13H18N2O/c1-4-15-13(9-14)11-6-5-7-12(8-11)16-10(2)3/h5-8,10,13,15H,4H2,1-3H3. The smallest absolute Gasteiger partial charge is 0.121 e. The van der Waals surface area contributed by atoms with Gasteiger partial charge in [-0.15, -0.1) is 0 Å². The van der Waals surface area contributed by atoms with Gasteiger partial charge in [0.05, 0.1) is 12.2 Å². The zero-order chi connectivity index (χ0) is 12.0. The number of rotatable bonds is 5. The Hall–Kier alpha value is -1.53. The third-order valence-electron chi connectivity index (χ3n) is 2.10. The summed E-state index contributed by atoms with van der Waals surface area (Å²) in [4.78, 5) is 0. The van der Waals surface area contributed by atoms with E-state index in [1.165, 1.54) is 0 Å². The van der Waals surface area contributed by atoms with Crippen LogP contribution in [0.15, 0.2) is 24.3 Å². The summed E-state index contributed by atoms with van der Waals surface area (Å²) in [6.07, 6.45) is 0.148. The molecule has 1 N–H and O–H groups in total. The molecule has 16 heavy (non-hydrogen) atoms. The molecule has 0 aromatic heterocycles. The first kappa shape index (κ1) is 12.5. The molecular weight excluding hydrogens is 200 g/mol. The van der Waals surface area contributed by atoms with Crippen molar-refractivity contribution in [1.82, 2.24) is 5.32 Å². The minimum absolute atomic E-state index is 0.148. The fourth-order valence-electron chi connectivity index (χ4n) is 1.48.